The first kappa shape index (κ1) is 17.1. The van der Waals surface area contributed by atoms with Crippen LogP contribution in [0.1, 0.15) is 22.3 Å². The van der Waals surface area contributed by atoms with Gasteiger partial charge in [-0.15, -0.1) is 0 Å². The Morgan fingerprint density at radius 3 is 2.70 bits per heavy atom. The molecule has 2 heterocycles. The molecule has 1 aromatic heterocycles. The normalized spacial score (nSPS) is 13.2. The fraction of sp³-hybridized carbons (Fsp3) is 0.238. The van der Waals surface area contributed by atoms with Crippen LogP contribution in [0.2, 0.25) is 0 Å². The Kier molecular flexibility index (Phi) is 4.54. The first-order valence-corrected chi connectivity index (χ1v) is 8.70. The average molecular weight is 366 g/mol. The molecule has 0 saturated carbocycles. The average Bonchev–Trinajstić information content (AvgIpc) is 2.90. The monoisotopic (exact) mass is 366 g/mol. The van der Waals surface area contributed by atoms with E-state index in [1.165, 1.54) is 6.07 Å². The van der Waals surface area contributed by atoms with Crippen molar-refractivity contribution in [3.8, 4) is 17.2 Å². The Hall–Kier alpha value is -3.28. The summed E-state index contributed by atoms with van der Waals surface area (Å²) in [5.41, 5.74) is 1.33. The van der Waals surface area contributed by atoms with Gasteiger partial charge in [0.25, 0.3) is 0 Å². The van der Waals surface area contributed by atoms with Crippen molar-refractivity contribution in [2.75, 3.05) is 19.8 Å². The molecule has 0 fully saturated rings. The van der Waals surface area contributed by atoms with Crippen LogP contribution < -0.4 is 19.8 Å². The van der Waals surface area contributed by atoms with E-state index in [9.17, 15) is 9.59 Å². The molecule has 6 heteroatoms. The topological polar surface area (TPSA) is 75.0 Å². The van der Waals surface area contributed by atoms with E-state index in [2.05, 4.69) is 0 Å². The molecule has 0 unspecified atom stereocenters. The molecule has 0 N–H and O–H groups in total. The summed E-state index contributed by atoms with van der Waals surface area (Å²) >= 11 is 0. The summed E-state index contributed by atoms with van der Waals surface area (Å²) in [6.45, 7) is 2.86. The number of benzene rings is 2. The van der Waals surface area contributed by atoms with Gasteiger partial charge in [-0.3, -0.25) is 4.79 Å². The summed E-state index contributed by atoms with van der Waals surface area (Å²) in [4.78, 5) is 24.0. The van der Waals surface area contributed by atoms with Crippen LogP contribution in [0.3, 0.4) is 0 Å². The second-order valence-corrected chi connectivity index (χ2v) is 6.33. The number of hydrogen-bond acceptors (Lipinski definition) is 6. The zero-order valence-corrected chi connectivity index (χ0v) is 14.8. The minimum absolute atomic E-state index is 0.138. The summed E-state index contributed by atoms with van der Waals surface area (Å²) in [5.74, 6) is 1.49. The Morgan fingerprint density at radius 1 is 1.04 bits per heavy atom. The minimum atomic E-state index is -0.416. The second kappa shape index (κ2) is 7.15. The van der Waals surface area contributed by atoms with E-state index < -0.39 is 5.63 Å². The first-order chi connectivity index (χ1) is 13.1. The third-order valence-corrected chi connectivity index (χ3v) is 4.36. The number of carbonyl (C=O) groups excluding carboxylic acids is 1. The van der Waals surface area contributed by atoms with Gasteiger partial charge in [0.05, 0.1) is 13.2 Å². The second-order valence-electron chi connectivity index (χ2n) is 6.33. The highest BCUT2D eigenvalue weighted by Gasteiger charge is 2.15. The summed E-state index contributed by atoms with van der Waals surface area (Å²) < 4.78 is 22.0. The van der Waals surface area contributed by atoms with Crippen molar-refractivity contribution in [3.63, 3.8) is 0 Å². The fourth-order valence-electron chi connectivity index (χ4n) is 2.96. The van der Waals surface area contributed by atoms with E-state index in [4.69, 9.17) is 18.6 Å². The van der Waals surface area contributed by atoms with Gasteiger partial charge in [-0.2, -0.15) is 0 Å². The van der Waals surface area contributed by atoms with Gasteiger partial charge in [-0.05, 0) is 42.8 Å². The standard InChI is InChI=1S/C21H18O6/c1-13-9-21(23)27-19-11-15(4-5-16(13)19)26-12-17(22)14-3-6-18-20(10-14)25-8-2-7-24-18/h3-6,9-11H,2,7-8,12H2,1H3. The number of carbonyl (C=O) groups is 1. The van der Waals surface area contributed by atoms with Gasteiger partial charge in [0, 0.05) is 29.5 Å². The van der Waals surface area contributed by atoms with Gasteiger partial charge in [-0.1, -0.05) is 0 Å². The maximum atomic E-state index is 12.5. The zero-order valence-electron chi connectivity index (χ0n) is 14.8. The molecule has 1 aliphatic rings. The van der Waals surface area contributed by atoms with Gasteiger partial charge in [-0.25, -0.2) is 4.79 Å². The number of aryl methyl sites for hydroxylation is 1. The smallest absolute Gasteiger partial charge is 0.336 e. The molecule has 4 rings (SSSR count). The maximum absolute atomic E-state index is 12.5. The molecular weight excluding hydrogens is 348 g/mol. The third-order valence-electron chi connectivity index (χ3n) is 4.36. The molecule has 6 nitrogen and oxygen atoms in total. The van der Waals surface area contributed by atoms with Crippen molar-refractivity contribution in [1.29, 1.82) is 0 Å². The van der Waals surface area contributed by atoms with Gasteiger partial charge >= 0.3 is 5.63 Å². The van der Waals surface area contributed by atoms with Gasteiger partial charge in [0.1, 0.15) is 11.3 Å². The van der Waals surface area contributed by atoms with Gasteiger partial charge < -0.3 is 18.6 Å². The van der Waals surface area contributed by atoms with E-state index >= 15 is 0 Å². The lowest BCUT2D eigenvalue weighted by atomic mass is 10.1. The van der Waals surface area contributed by atoms with Gasteiger partial charge in [0.15, 0.2) is 23.9 Å². The number of fused-ring (bicyclic) bond motifs is 2. The molecular formula is C21H18O6. The lowest BCUT2D eigenvalue weighted by molar-refractivity contribution is 0.0921. The Morgan fingerprint density at radius 2 is 1.85 bits per heavy atom. The lowest BCUT2D eigenvalue weighted by Gasteiger charge is -2.10. The molecule has 138 valence electrons. The highest BCUT2D eigenvalue weighted by atomic mass is 16.5. The van der Waals surface area contributed by atoms with Crippen LogP contribution in [-0.2, 0) is 0 Å². The summed E-state index contributed by atoms with van der Waals surface area (Å²) in [5, 5.41) is 0.830. The lowest BCUT2D eigenvalue weighted by Crippen LogP contribution is -2.12. The van der Waals surface area contributed by atoms with E-state index in [1.54, 1.807) is 36.4 Å². The molecule has 0 amide bonds. The molecule has 0 spiro atoms. The molecule has 1 aliphatic heterocycles. The first-order valence-electron chi connectivity index (χ1n) is 8.70. The van der Waals surface area contributed by atoms with Crippen LogP contribution in [0, 0.1) is 6.92 Å². The summed E-state index contributed by atoms with van der Waals surface area (Å²) in [6.07, 6.45) is 0.804. The molecule has 27 heavy (non-hydrogen) atoms. The predicted octanol–water partition coefficient (Wildman–Crippen LogP) is 3.52. The van der Waals surface area contributed by atoms with Crippen LogP contribution >= 0.6 is 0 Å². The van der Waals surface area contributed by atoms with E-state index in [0.29, 0.717) is 41.6 Å². The Balaban J connectivity index is 1.50. The molecule has 3 aromatic rings. The highest BCUT2D eigenvalue weighted by molar-refractivity contribution is 5.98. The third kappa shape index (κ3) is 3.65. The quantitative estimate of drug-likeness (QED) is 0.519. The molecule has 0 atom stereocenters. The number of Topliss-reactive ketones (excluding diaryl/α,β-unsaturated/α-hetero) is 1. The minimum Gasteiger partial charge on any atom is -0.490 e. The Labute approximate surface area is 155 Å². The molecule has 0 aliphatic carbocycles. The fourth-order valence-corrected chi connectivity index (χ4v) is 2.96. The largest absolute Gasteiger partial charge is 0.490 e. The zero-order chi connectivity index (χ0) is 18.8. The van der Waals surface area contributed by atoms with Crippen molar-refractivity contribution < 1.29 is 23.4 Å². The van der Waals surface area contributed by atoms with Crippen molar-refractivity contribution in [1.82, 2.24) is 0 Å². The van der Waals surface area contributed by atoms with Gasteiger partial charge in [0.2, 0.25) is 0 Å². The van der Waals surface area contributed by atoms with Crippen molar-refractivity contribution >= 4 is 16.8 Å². The van der Waals surface area contributed by atoms with Crippen LogP contribution in [0.15, 0.2) is 51.7 Å². The van der Waals surface area contributed by atoms with E-state index in [1.807, 2.05) is 6.92 Å². The summed E-state index contributed by atoms with van der Waals surface area (Å²) in [6, 6.07) is 11.7. The summed E-state index contributed by atoms with van der Waals surface area (Å²) in [7, 11) is 0. The molecule has 0 radical (unpaired) electrons. The van der Waals surface area contributed by atoms with Crippen LogP contribution in [-0.4, -0.2) is 25.6 Å². The van der Waals surface area contributed by atoms with E-state index in [0.717, 1.165) is 17.4 Å². The van der Waals surface area contributed by atoms with Crippen LogP contribution in [0.25, 0.3) is 11.0 Å². The number of ketones is 1. The van der Waals surface area contributed by atoms with Crippen molar-refractivity contribution in [2.24, 2.45) is 0 Å². The predicted molar refractivity (Wildman–Crippen MR) is 99.1 cm³/mol. The van der Waals surface area contributed by atoms with Crippen molar-refractivity contribution in [3.05, 3.63) is 64.0 Å². The SMILES string of the molecule is Cc1cc(=O)oc2cc(OCC(=O)c3ccc4c(c3)OCCCO4)ccc12. The number of hydrogen-bond donors (Lipinski definition) is 0. The Bertz CT molecular complexity index is 1070. The highest BCUT2D eigenvalue weighted by Crippen LogP contribution is 2.30. The molecule has 0 bridgehead atoms. The number of ether oxygens (including phenoxy) is 3. The van der Waals surface area contributed by atoms with Crippen molar-refractivity contribution in [2.45, 2.75) is 13.3 Å². The van der Waals surface area contributed by atoms with Crippen LogP contribution in [0.5, 0.6) is 17.2 Å². The van der Waals surface area contributed by atoms with Crippen LogP contribution in [0.4, 0.5) is 0 Å². The molecule has 2 aromatic carbocycles. The maximum Gasteiger partial charge on any atom is 0.336 e. The number of rotatable bonds is 4. The van der Waals surface area contributed by atoms with E-state index in [-0.39, 0.29) is 12.4 Å². The molecule has 0 saturated heterocycles.